The van der Waals surface area contributed by atoms with Crippen LogP contribution in [0.4, 0.5) is 18.9 Å². The van der Waals surface area contributed by atoms with Gasteiger partial charge in [0.1, 0.15) is 5.75 Å². The second kappa shape index (κ2) is 4.91. The first-order valence-electron chi connectivity index (χ1n) is 6.38. The first kappa shape index (κ1) is 14.2. The maximum absolute atomic E-state index is 12.7. The van der Waals surface area contributed by atoms with Crippen LogP contribution < -0.4 is 5.32 Å². The summed E-state index contributed by atoms with van der Waals surface area (Å²) in [5.74, 6) is -0.365. The zero-order valence-electron chi connectivity index (χ0n) is 11.1. The predicted molar refractivity (Wildman–Crippen MR) is 76.1 cm³/mol. The third-order valence-corrected chi connectivity index (χ3v) is 3.33. The van der Waals surface area contributed by atoms with Gasteiger partial charge in [0.2, 0.25) is 0 Å². The number of carbonyl (C=O) groups excluding carboxylic acids is 1. The fraction of sp³-hybridized carbons (Fsp3) is 0.0625. The molecule has 1 heterocycles. The summed E-state index contributed by atoms with van der Waals surface area (Å²) in [7, 11) is 0. The van der Waals surface area contributed by atoms with Gasteiger partial charge >= 0.3 is 6.18 Å². The first-order chi connectivity index (χ1) is 10.3. The Morgan fingerprint density at radius 1 is 1.05 bits per heavy atom. The number of carbonyl (C=O) groups is 1. The number of hydrogen-bond acceptors (Lipinski definition) is 2. The minimum absolute atomic E-state index is 0.0910. The number of amides is 1. The van der Waals surface area contributed by atoms with Crippen LogP contribution in [0.3, 0.4) is 0 Å². The fourth-order valence-electron chi connectivity index (χ4n) is 2.25. The minimum atomic E-state index is -4.46. The molecule has 112 valence electrons. The monoisotopic (exact) mass is 305 g/mol. The van der Waals surface area contributed by atoms with Crippen molar-refractivity contribution in [3.05, 3.63) is 59.2 Å². The molecule has 0 aliphatic carbocycles. The van der Waals surface area contributed by atoms with Crippen molar-refractivity contribution in [3.8, 4) is 5.75 Å². The molecule has 2 aromatic rings. The van der Waals surface area contributed by atoms with E-state index in [4.69, 9.17) is 0 Å². The molecule has 2 aromatic carbocycles. The van der Waals surface area contributed by atoms with E-state index in [0.717, 1.165) is 12.1 Å². The molecule has 0 unspecified atom stereocenters. The second-order valence-electron chi connectivity index (χ2n) is 4.86. The fourth-order valence-corrected chi connectivity index (χ4v) is 2.25. The van der Waals surface area contributed by atoms with Gasteiger partial charge in [0.25, 0.3) is 5.91 Å². The molecule has 0 spiro atoms. The zero-order chi connectivity index (χ0) is 15.9. The van der Waals surface area contributed by atoms with Crippen molar-refractivity contribution in [3.63, 3.8) is 0 Å². The third-order valence-electron chi connectivity index (χ3n) is 3.33. The van der Waals surface area contributed by atoms with Crippen LogP contribution in [0, 0.1) is 0 Å². The molecule has 0 radical (unpaired) electrons. The molecule has 0 saturated carbocycles. The van der Waals surface area contributed by atoms with Gasteiger partial charge < -0.3 is 10.4 Å². The molecule has 0 fully saturated rings. The number of alkyl halides is 3. The number of phenols is 1. The number of hydrogen-bond donors (Lipinski definition) is 2. The summed E-state index contributed by atoms with van der Waals surface area (Å²) in [5.41, 5.74) is 0.707. The van der Waals surface area contributed by atoms with Gasteiger partial charge in [-0.15, -0.1) is 0 Å². The predicted octanol–water partition coefficient (Wildman–Crippen LogP) is 3.90. The average Bonchev–Trinajstić information content (AvgIpc) is 2.76. The number of benzene rings is 2. The van der Waals surface area contributed by atoms with Gasteiger partial charge in [0, 0.05) is 16.8 Å². The maximum atomic E-state index is 12.7. The number of aromatic hydroxyl groups is 1. The van der Waals surface area contributed by atoms with Crippen molar-refractivity contribution >= 4 is 23.2 Å². The number of halogens is 3. The molecular formula is C16H10F3NO2. The van der Waals surface area contributed by atoms with Crippen molar-refractivity contribution in [1.29, 1.82) is 0 Å². The summed E-state index contributed by atoms with van der Waals surface area (Å²) in [6, 6.07) is 9.30. The molecule has 0 bridgehead atoms. The highest BCUT2D eigenvalue weighted by Gasteiger charge is 2.33. The summed E-state index contributed by atoms with van der Waals surface area (Å²) in [6.45, 7) is 0. The number of rotatable bonds is 1. The summed E-state index contributed by atoms with van der Waals surface area (Å²) < 4.78 is 38.1. The van der Waals surface area contributed by atoms with Gasteiger partial charge in [-0.05, 0) is 35.9 Å². The van der Waals surface area contributed by atoms with E-state index in [1.54, 1.807) is 18.2 Å². The van der Waals surface area contributed by atoms with Crippen LogP contribution in [0.2, 0.25) is 0 Å². The standard InChI is InChI=1S/C16H10F3NO2/c17-16(18,19)10-3-6-12-13(15(22)20-14(12)8-10)7-9-1-4-11(21)5-2-9/h1-8,21H,(H,20,22)/b13-7+. The van der Waals surface area contributed by atoms with Crippen LogP contribution in [0.1, 0.15) is 16.7 Å². The Labute approximate surface area is 123 Å². The van der Waals surface area contributed by atoms with E-state index in [0.29, 0.717) is 11.1 Å². The van der Waals surface area contributed by atoms with Gasteiger partial charge in [-0.1, -0.05) is 18.2 Å². The molecule has 2 N–H and O–H groups in total. The Morgan fingerprint density at radius 3 is 2.36 bits per heavy atom. The highest BCUT2D eigenvalue weighted by atomic mass is 19.4. The Morgan fingerprint density at radius 2 is 1.73 bits per heavy atom. The number of anilines is 1. The van der Waals surface area contributed by atoms with E-state index in [1.165, 1.54) is 18.2 Å². The molecule has 6 heteroatoms. The summed E-state index contributed by atoms with van der Waals surface area (Å²) in [5, 5.41) is 11.7. The molecule has 1 aliphatic rings. The highest BCUT2D eigenvalue weighted by molar-refractivity contribution is 6.34. The van der Waals surface area contributed by atoms with Gasteiger partial charge in [0.15, 0.2) is 0 Å². The lowest BCUT2D eigenvalue weighted by Gasteiger charge is -2.08. The van der Waals surface area contributed by atoms with Crippen LogP contribution >= 0.6 is 0 Å². The zero-order valence-corrected chi connectivity index (χ0v) is 11.1. The van der Waals surface area contributed by atoms with E-state index in [9.17, 15) is 23.1 Å². The number of nitrogens with one attached hydrogen (secondary N) is 1. The van der Waals surface area contributed by atoms with Crippen LogP contribution in [0.25, 0.3) is 11.6 Å². The summed E-state index contributed by atoms with van der Waals surface area (Å²) >= 11 is 0. The van der Waals surface area contributed by atoms with Gasteiger partial charge in [-0.2, -0.15) is 13.2 Å². The van der Waals surface area contributed by atoms with Crippen LogP contribution in [-0.2, 0) is 11.0 Å². The maximum Gasteiger partial charge on any atom is 0.416 e. The lowest BCUT2D eigenvalue weighted by molar-refractivity contribution is -0.137. The van der Waals surface area contributed by atoms with E-state index < -0.39 is 17.6 Å². The summed E-state index contributed by atoms with van der Waals surface area (Å²) in [4.78, 5) is 12.0. The molecule has 1 aliphatic heterocycles. The SMILES string of the molecule is O=C1Nc2cc(C(F)(F)F)ccc2/C1=C\c1ccc(O)cc1. The molecule has 0 saturated heterocycles. The molecule has 3 nitrogen and oxygen atoms in total. The summed E-state index contributed by atoms with van der Waals surface area (Å²) in [6.07, 6.45) is -2.89. The van der Waals surface area contributed by atoms with Crippen LogP contribution in [-0.4, -0.2) is 11.0 Å². The quantitative estimate of drug-likeness (QED) is 0.785. The van der Waals surface area contributed by atoms with E-state index in [1.807, 2.05) is 0 Å². The molecular weight excluding hydrogens is 295 g/mol. The molecule has 3 rings (SSSR count). The van der Waals surface area contributed by atoms with Crippen molar-refractivity contribution in [1.82, 2.24) is 0 Å². The Kier molecular flexibility index (Phi) is 3.16. The van der Waals surface area contributed by atoms with Crippen molar-refractivity contribution < 1.29 is 23.1 Å². The van der Waals surface area contributed by atoms with Gasteiger partial charge in [-0.3, -0.25) is 4.79 Å². The minimum Gasteiger partial charge on any atom is -0.508 e. The number of fused-ring (bicyclic) bond motifs is 1. The largest absolute Gasteiger partial charge is 0.508 e. The van der Waals surface area contributed by atoms with Crippen molar-refractivity contribution in [2.75, 3.05) is 5.32 Å². The molecule has 22 heavy (non-hydrogen) atoms. The van der Waals surface area contributed by atoms with E-state index in [2.05, 4.69) is 5.32 Å². The Bertz CT molecular complexity index is 777. The third kappa shape index (κ3) is 2.55. The van der Waals surface area contributed by atoms with E-state index in [-0.39, 0.29) is 17.0 Å². The normalized spacial score (nSPS) is 15.8. The van der Waals surface area contributed by atoms with Crippen LogP contribution in [0.5, 0.6) is 5.75 Å². The lowest BCUT2D eigenvalue weighted by Crippen LogP contribution is -2.06. The van der Waals surface area contributed by atoms with Gasteiger partial charge in [0.05, 0.1) is 5.56 Å². The first-order valence-corrected chi connectivity index (χ1v) is 6.38. The average molecular weight is 305 g/mol. The van der Waals surface area contributed by atoms with Gasteiger partial charge in [-0.25, -0.2) is 0 Å². The highest BCUT2D eigenvalue weighted by Crippen LogP contribution is 2.38. The van der Waals surface area contributed by atoms with Crippen molar-refractivity contribution in [2.45, 2.75) is 6.18 Å². The number of phenolic OH excluding ortho intramolecular Hbond substituents is 1. The molecule has 1 amide bonds. The van der Waals surface area contributed by atoms with Crippen LogP contribution in [0.15, 0.2) is 42.5 Å². The molecule has 0 atom stereocenters. The van der Waals surface area contributed by atoms with Crippen molar-refractivity contribution in [2.24, 2.45) is 0 Å². The van der Waals surface area contributed by atoms with E-state index >= 15 is 0 Å². The smallest absolute Gasteiger partial charge is 0.416 e. The Balaban J connectivity index is 2.03. The lowest BCUT2D eigenvalue weighted by atomic mass is 10.0. The Hall–Kier alpha value is -2.76. The second-order valence-corrected chi connectivity index (χ2v) is 4.86. The molecule has 0 aromatic heterocycles. The topological polar surface area (TPSA) is 49.3 Å².